The van der Waals surface area contributed by atoms with Gasteiger partial charge in [-0.2, -0.15) is 0 Å². The number of likely N-dealkylation sites (tertiary alicyclic amines) is 1. The molecule has 4 rings (SSSR count). The first-order valence-electron chi connectivity index (χ1n) is 10.6. The standard InChI is InChI=1S/C24H26N2.C2H6/c1-19-13-16-26(17-14-19)18-20-9-11-22(12-10-20)24-23(8-5-15-25-24)21-6-3-2-4-7-21;1-2/h2-12,15,19H,13-14,16-18H2,1H3;1-2H3. The monoisotopic (exact) mass is 372 g/mol. The Kier molecular flexibility index (Phi) is 7.39. The summed E-state index contributed by atoms with van der Waals surface area (Å²) < 4.78 is 0. The van der Waals surface area contributed by atoms with Crippen molar-refractivity contribution in [2.45, 2.75) is 40.2 Å². The largest absolute Gasteiger partial charge is 0.299 e. The Morgan fingerprint density at radius 3 is 2.18 bits per heavy atom. The number of benzene rings is 2. The molecule has 146 valence electrons. The molecule has 0 unspecified atom stereocenters. The van der Waals surface area contributed by atoms with Crippen LogP contribution in [0.1, 0.15) is 39.2 Å². The molecule has 2 heteroatoms. The van der Waals surface area contributed by atoms with Gasteiger partial charge in [-0.25, -0.2) is 0 Å². The van der Waals surface area contributed by atoms with Crippen LogP contribution >= 0.6 is 0 Å². The number of hydrogen-bond donors (Lipinski definition) is 0. The summed E-state index contributed by atoms with van der Waals surface area (Å²) in [6, 6.07) is 23.6. The smallest absolute Gasteiger partial charge is 0.0780 e. The molecule has 28 heavy (non-hydrogen) atoms. The van der Waals surface area contributed by atoms with Gasteiger partial charge in [0.25, 0.3) is 0 Å². The molecule has 1 aliphatic heterocycles. The molecule has 2 nitrogen and oxygen atoms in total. The van der Waals surface area contributed by atoms with Crippen molar-refractivity contribution in [1.29, 1.82) is 0 Å². The summed E-state index contributed by atoms with van der Waals surface area (Å²) in [6.07, 6.45) is 4.53. The zero-order valence-electron chi connectivity index (χ0n) is 17.4. The van der Waals surface area contributed by atoms with E-state index in [1.807, 2.05) is 26.1 Å². The molecule has 1 aromatic heterocycles. The Morgan fingerprint density at radius 1 is 0.821 bits per heavy atom. The minimum absolute atomic E-state index is 0.884. The van der Waals surface area contributed by atoms with E-state index in [0.29, 0.717) is 0 Å². The lowest BCUT2D eigenvalue weighted by molar-refractivity contribution is 0.185. The molecule has 0 amide bonds. The van der Waals surface area contributed by atoms with Crippen molar-refractivity contribution in [3.05, 3.63) is 78.5 Å². The second-order valence-corrected chi connectivity index (χ2v) is 7.42. The predicted molar refractivity (Wildman–Crippen MR) is 120 cm³/mol. The maximum Gasteiger partial charge on any atom is 0.0780 e. The number of aromatic nitrogens is 1. The highest BCUT2D eigenvalue weighted by Crippen LogP contribution is 2.30. The van der Waals surface area contributed by atoms with Crippen LogP contribution in [0.4, 0.5) is 0 Å². The molecule has 0 saturated carbocycles. The third-order valence-corrected chi connectivity index (χ3v) is 5.40. The Morgan fingerprint density at radius 2 is 1.50 bits per heavy atom. The third-order valence-electron chi connectivity index (χ3n) is 5.40. The Hall–Kier alpha value is -2.45. The number of hydrogen-bond acceptors (Lipinski definition) is 2. The number of nitrogens with zero attached hydrogens (tertiary/aromatic N) is 2. The maximum absolute atomic E-state index is 4.67. The van der Waals surface area contributed by atoms with Crippen molar-refractivity contribution in [1.82, 2.24) is 9.88 Å². The van der Waals surface area contributed by atoms with Gasteiger partial charge >= 0.3 is 0 Å². The summed E-state index contributed by atoms with van der Waals surface area (Å²) in [4.78, 5) is 7.24. The molecule has 1 saturated heterocycles. The molecule has 0 N–H and O–H groups in total. The highest BCUT2D eigenvalue weighted by Gasteiger charge is 2.15. The first-order valence-corrected chi connectivity index (χ1v) is 10.6. The van der Waals surface area contributed by atoms with Crippen LogP contribution in [0.5, 0.6) is 0 Å². The highest BCUT2D eigenvalue weighted by atomic mass is 15.1. The average molecular weight is 373 g/mol. The SMILES string of the molecule is CC.CC1CCN(Cc2ccc(-c3ncccc3-c3ccccc3)cc2)CC1. The van der Waals surface area contributed by atoms with Gasteiger partial charge in [-0.3, -0.25) is 9.88 Å². The van der Waals surface area contributed by atoms with Crippen molar-refractivity contribution < 1.29 is 0 Å². The number of rotatable bonds is 4. The zero-order valence-corrected chi connectivity index (χ0v) is 17.4. The lowest BCUT2D eigenvalue weighted by Crippen LogP contribution is -2.32. The van der Waals surface area contributed by atoms with Crippen LogP contribution in [0.3, 0.4) is 0 Å². The summed E-state index contributed by atoms with van der Waals surface area (Å²) in [5.41, 5.74) is 6.02. The van der Waals surface area contributed by atoms with Crippen molar-refractivity contribution in [3.63, 3.8) is 0 Å². The molecule has 0 spiro atoms. The fourth-order valence-electron chi connectivity index (χ4n) is 3.73. The van der Waals surface area contributed by atoms with E-state index in [1.54, 1.807) is 0 Å². The van der Waals surface area contributed by atoms with Gasteiger partial charge in [-0.15, -0.1) is 0 Å². The molecular weight excluding hydrogens is 340 g/mol. The Labute approximate surface area is 170 Å². The van der Waals surface area contributed by atoms with Crippen LogP contribution in [0, 0.1) is 5.92 Å². The van der Waals surface area contributed by atoms with Crippen molar-refractivity contribution in [3.8, 4) is 22.4 Å². The van der Waals surface area contributed by atoms with Gasteiger partial charge in [0.1, 0.15) is 0 Å². The van der Waals surface area contributed by atoms with Gasteiger partial charge in [0.2, 0.25) is 0 Å². The zero-order chi connectivity index (χ0) is 19.8. The summed E-state index contributed by atoms with van der Waals surface area (Å²) >= 11 is 0. The summed E-state index contributed by atoms with van der Waals surface area (Å²) in [5.74, 6) is 0.884. The molecule has 3 aromatic rings. The normalized spacial score (nSPS) is 15.0. The van der Waals surface area contributed by atoms with Crippen LogP contribution in [0.25, 0.3) is 22.4 Å². The van der Waals surface area contributed by atoms with Crippen LogP contribution < -0.4 is 0 Å². The van der Waals surface area contributed by atoms with E-state index in [1.165, 1.54) is 48.2 Å². The lowest BCUT2D eigenvalue weighted by Gasteiger charge is -2.30. The number of piperidine rings is 1. The second kappa shape index (κ2) is 10.2. The highest BCUT2D eigenvalue weighted by molar-refractivity contribution is 5.80. The molecule has 2 aromatic carbocycles. The molecular formula is C26H32N2. The van der Waals surface area contributed by atoms with Crippen LogP contribution in [0.15, 0.2) is 72.9 Å². The summed E-state index contributed by atoms with van der Waals surface area (Å²) in [5, 5.41) is 0. The molecule has 1 aliphatic rings. The maximum atomic E-state index is 4.67. The van der Waals surface area contributed by atoms with Gasteiger partial charge in [0, 0.05) is 23.9 Å². The summed E-state index contributed by atoms with van der Waals surface area (Å²) in [6.45, 7) is 9.87. The predicted octanol–water partition coefficient (Wildman–Crippen LogP) is 6.67. The van der Waals surface area contributed by atoms with Gasteiger partial charge in [-0.05, 0) is 49.0 Å². The first-order chi connectivity index (χ1) is 13.8. The van der Waals surface area contributed by atoms with E-state index in [2.05, 4.69) is 77.5 Å². The quantitative estimate of drug-likeness (QED) is 0.508. The van der Waals surface area contributed by atoms with Crippen molar-refractivity contribution >= 4 is 0 Å². The molecule has 0 aliphatic carbocycles. The fraction of sp³-hybridized carbons (Fsp3) is 0.346. The molecule has 0 atom stereocenters. The van der Waals surface area contributed by atoms with E-state index in [-0.39, 0.29) is 0 Å². The minimum Gasteiger partial charge on any atom is -0.299 e. The van der Waals surface area contributed by atoms with E-state index in [9.17, 15) is 0 Å². The fourth-order valence-corrected chi connectivity index (χ4v) is 3.73. The van der Waals surface area contributed by atoms with Gasteiger partial charge < -0.3 is 0 Å². The number of pyridine rings is 1. The van der Waals surface area contributed by atoms with Crippen LogP contribution in [0.2, 0.25) is 0 Å². The van der Waals surface area contributed by atoms with E-state index >= 15 is 0 Å². The average Bonchev–Trinajstić information content (AvgIpc) is 2.78. The molecule has 2 heterocycles. The van der Waals surface area contributed by atoms with Crippen molar-refractivity contribution in [2.24, 2.45) is 5.92 Å². The van der Waals surface area contributed by atoms with E-state index in [0.717, 1.165) is 18.2 Å². The third kappa shape index (κ3) is 5.08. The van der Waals surface area contributed by atoms with Gasteiger partial charge in [0.05, 0.1) is 5.69 Å². The molecule has 0 bridgehead atoms. The molecule has 0 radical (unpaired) electrons. The van der Waals surface area contributed by atoms with Crippen LogP contribution in [-0.2, 0) is 6.54 Å². The minimum atomic E-state index is 0.884. The Bertz CT molecular complexity index is 832. The Balaban J connectivity index is 0.00000109. The van der Waals surface area contributed by atoms with E-state index in [4.69, 9.17) is 0 Å². The van der Waals surface area contributed by atoms with Gasteiger partial charge in [-0.1, -0.05) is 81.4 Å². The van der Waals surface area contributed by atoms with Gasteiger partial charge in [0.15, 0.2) is 0 Å². The second-order valence-electron chi connectivity index (χ2n) is 7.42. The van der Waals surface area contributed by atoms with Crippen molar-refractivity contribution in [2.75, 3.05) is 13.1 Å². The molecule has 1 fully saturated rings. The first kappa shape index (κ1) is 20.3. The topological polar surface area (TPSA) is 16.1 Å². The summed E-state index contributed by atoms with van der Waals surface area (Å²) in [7, 11) is 0. The van der Waals surface area contributed by atoms with Crippen LogP contribution in [-0.4, -0.2) is 23.0 Å². The van der Waals surface area contributed by atoms with E-state index < -0.39 is 0 Å². The lowest BCUT2D eigenvalue weighted by atomic mass is 9.97.